The highest BCUT2D eigenvalue weighted by Crippen LogP contribution is 2.25. The van der Waals surface area contributed by atoms with Crippen LogP contribution in [-0.2, 0) is 4.79 Å². The van der Waals surface area contributed by atoms with E-state index in [1.807, 2.05) is 6.07 Å². The van der Waals surface area contributed by atoms with E-state index in [2.05, 4.69) is 10.3 Å². The first-order valence-electron chi connectivity index (χ1n) is 5.21. The van der Waals surface area contributed by atoms with E-state index in [4.69, 9.17) is 16.9 Å². The normalized spacial score (nSPS) is 9.89. The number of pyridine rings is 1. The lowest BCUT2D eigenvalue weighted by Gasteiger charge is -2.04. The van der Waals surface area contributed by atoms with Crippen LogP contribution >= 0.6 is 34.7 Å². The maximum absolute atomic E-state index is 11.8. The number of carbonyl (C=O) groups is 1. The Balaban J connectivity index is 1.93. The number of nitriles is 1. The Morgan fingerprint density at radius 1 is 1.58 bits per heavy atom. The van der Waals surface area contributed by atoms with Gasteiger partial charge in [-0.05, 0) is 23.6 Å². The molecule has 2 aromatic heterocycles. The van der Waals surface area contributed by atoms with Crippen molar-refractivity contribution in [2.45, 2.75) is 5.03 Å². The smallest absolute Gasteiger partial charge is 0.235 e. The van der Waals surface area contributed by atoms with Crippen molar-refractivity contribution in [3.63, 3.8) is 0 Å². The highest BCUT2D eigenvalue weighted by molar-refractivity contribution is 8.00. The van der Waals surface area contributed by atoms with Crippen LogP contribution in [0.15, 0.2) is 34.8 Å². The van der Waals surface area contributed by atoms with Crippen molar-refractivity contribution < 1.29 is 4.79 Å². The van der Waals surface area contributed by atoms with Crippen LogP contribution < -0.4 is 5.32 Å². The molecule has 0 spiro atoms. The molecule has 4 nitrogen and oxygen atoms in total. The van der Waals surface area contributed by atoms with Crippen LogP contribution in [0.2, 0.25) is 5.02 Å². The number of carbonyl (C=O) groups excluding carboxylic acids is 1. The fraction of sp³-hybridized carbons (Fsp3) is 0.0833. The molecule has 0 aliphatic rings. The molecule has 2 rings (SSSR count). The molecule has 0 atom stereocenters. The van der Waals surface area contributed by atoms with Crippen LogP contribution in [0.25, 0.3) is 0 Å². The van der Waals surface area contributed by atoms with Crippen molar-refractivity contribution in [3.8, 4) is 6.07 Å². The summed E-state index contributed by atoms with van der Waals surface area (Å²) in [5, 5.41) is 15.0. The highest BCUT2D eigenvalue weighted by atomic mass is 35.5. The third-order valence-electron chi connectivity index (χ3n) is 2.10. The van der Waals surface area contributed by atoms with Crippen LogP contribution in [0.4, 0.5) is 5.00 Å². The first-order valence-corrected chi connectivity index (χ1v) is 7.46. The molecule has 0 unspecified atom stereocenters. The molecule has 96 valence electrons. The summed E-state index contributed by atoms with van der Waals surface area (Å²) in [6.45, 7) is 0. The Kier molecular flexibility index (Phi) is 4.80. The van der Waals surface area contributed by atoms with Gasteiger partial charge in [0.2, 0.25) is 5.91 Å². The second kappa shape index (κ2) is 6.57. The first kappa shape index (κ1) is 13.9. The molecule has 0 fully saturated rings. The monoisotopic (exact) mass is 309 g/mol. The molecule has 0 bridgehead atoms. The lowest BCUT2D eigenvalue weighted by atomic mass is 10.3. The SMILES string of the molecule is N#Cc1ccsc1NC(=O)CSc1ncccc1Cl. The minimum atomic E-state index is -0.189. The van der Waals surface area contributed by atoms with Gasteiger partial charge in [0.25, 0.3) is 0 Å². The van der Waals surface area contributed by atoms with Crippen LogP contribution in [0.5, 0.6) is 0 Å². The largest absolute Gasteiger partial charge is 0.316 e. The van der Waals surface area contributed by atoms with E-state index in [0.717, 1.165) is 0 Å². The molecule has 19 heavy (non-hydrogen) atoms. The Labute approximate surface area is 123 Å². The van der Waals surface area contributed by atoms with E-state index in [9.17, 15) is 4.79 Å². The summed E-state index contributed by atoms with van der Waals surface area (Å²) in [5.74, 6) is 0.00476. The number of anilines is 1. The molecule has 2 aromatic rings. The predicted molar refractivity (Wildman–Crippen MR) is 77.6 cm³/mol. The van der Waals surface area contributed by atoms with Crippen molar-refractivity contribution in [2.24, 2.45) is 0 Å². The zero-order valence-corrected chi connectivity index (χ0v) is 12.0. The van der Waals surface area contributed by atoms with Crippen molar-refractivity contribution in [3.05, 3.63) is 40.4 Å². The van der Waals surface area contributed by atoms with Gasteiger partial charge < -0.3 is 5.32 Å². The molecule has 0 aliphatic heterocycles. The number of nitrogens with zero attached hydrogens (tertiary/aromatic N) is 2. The zero-order valence-electron chi connectivity index (χ0n) is 9.59. The number of thioether (sulfide) groups is 1. The van der Waals surface area contributed by atoms with Gasteiger partial charge in [-0.3, -0.25) is 4.79 Å². The minimum absolute atomic E-state index is 0.189. The minimum Gasteiger partial charge on any atom is -0.316 e. The molecule has 7 heteroatoms. The molecule has 0 saturated heterocycles. The Morgan fingerprint density at radius 3 is 3.16 bits per heavy atom. The lowest BCUT2D eigenvalue weighted by molar-refractivity contribution is -0.113. The van der Waals surface area contributed by atoms with E-state index in [1.165, 1.54) is 23.1 Å². The number of aromatic nitrogens is 1. The average molecular weight is 310 g/mol. The van der Waals surface area contributed by atoms with Gasteiger partial charge in [-0.2, -0.15) is 5.26 Å². The quantitative estimate of drug-likeness (QED) is 0.879. The summed E-state index contributed by atoms with van der Waals surface area (Å²) in [4.78, 5) is 15.8. The topological polar surface area (TPSA) is 65.8 Å². The van der Waals surface area contributed by atoms with Gasteiger partial charge >= 0.3 is 0 Å². The predicted octanol–water partition coefficient (Wildman–Crippen LogP) is 3.40. The highest BCUT2D eigenvalue weighted by Gasteiger charge is 2.10. The van der Waals surface area contributed by atoms with E-state index in [1.54, 1.807) is 29.8 Å². The number of hydrogen-bond donors (Lipinski definition) is 1. The molecular weight excluding hydrogens is 302 g/mol. The average Bonchev–Trinajstić information content (AvgIpc) is 2.85. The Bertz CT molecular complexity index is 636. The second-order valence-electron chi connectivity index (χ2n) is 3.40. The standard InChI is InChI=1S/C12H8ClN3OS2/c13-9-2-1-4-15-12(9)19-7-10(17)16-11-8(6-14)3-5-18-11/h1-5H,7H2,(H,16,17). The second-order valence-corrected chi connectivity index (χ2v) is 5.69. The number of amides is 1. The molecule has 1 N–H and O–H groups in total. The van der Waals surface area contributed by atoms with Gasteiger partial charge in [0.1, 0.15) is 16.1 Å². The first-order chi connectivity index (χ1) is 9.20. The van der Waals surface area contributed by atoms with Crippen LogP contribution in [0, 0.1) is 11.3 Å². The number of halogens is 1. The van der Waals surface area contributed by atoms with Gasteiger partial charge in [-0.25, -0.2) is 4.98 Å². The fourth-order valence-electron chi connectivity index (χ4n) is 1.27. The van der Waals surface area contributed by atoms with E-state index >= 15 is 0 Å². The van der Waals surface area contributed by atoms with Crippen LogP contribution in [0.3, 0.4) is 0 Å². The Morgan fingerprint density at radius 2 is 2.42 bits per heavy atom. The van der Waals surface area contributed by atoms with Crippen molar-refractivity contribution in [1.29, 1.82) is 5.26 Å². The summed E-state index contributed by atoms with van der Waals surface area (Å²) < 4.78 is 0. The van der Waals surface area contributed by atoms with Gasteiger partial charge in [0.05, 0.1) is 16.3 Å². The molecule has 1 amide bonds. The maximum atomic E-state index is 11.8. The third-order valence-corrected chi connectivity index (χ3v) is 4.36. The lowest BCUT2D eigenvalue weighted by Crippen LogP contribution is -2.13. The molecule has 2 heterocycles. The molecule has 0 radical (unpaired) electrons. The maximum Gasteiger partial charge on any atom is 0.235 e. The molecule has 0 aromatic carbocycles. The van der Waals surface area contributed by atoms with Gasteiger partial charge in [-0.15, -0.1) is 11.3 Å². The molecule has 0 aliphatic carbocycles. The summed E-state index contributed by atoms with van der Waals surface area (Å²) >= 11 is 8.52. The fourth-order valence-corrected chi connectivity index (χ4v) is 2.99. The van der Waals surface area contributed by atoms with E-state index in [-0.39, 0.29) is 11.7 Å². The van der Waals surface area contributed by atoms with Crippen LogP contribution in [-0.4, -0.2) is 16.6 Å². The van der Waals surface area contributed by atoms with Gasteiger partial charge in [0.15, 0.2) is 0 Å². The van der Waals surface area contributed by atoms with Gasteiger partial charge in [0, 0.05) is 6.20 Å². The van der Waals surface area contributed by atoms with Crippen LogP contribution in [0.1, 0.15) is 5.56 Å². The molecule has 0 saturated carbocycles. The van der Waals surface area contributed by atoms with E-state index < -0.39 is 0 Å². The number of rotatable bonds is 4. The summed E-state index contributed by atoms with van der Waals surface area (Å²) in [5.41, 5.74) is 0.471. The zero-order chi connectivity index (χ0) is 13.7. The van der Waals surface area contributed by atoms with E-state index in [0.29, 0.717) is 20.6 Å². The van der Waals surface area contributed by atoms with Gasteiger partial charge in [-0.1, -0.05) is 23.4 Å². The summed E-state index contributed by atoms with van der Waals surface area (Å²) in [6.07, 6.45) is 1.62. The number of thiophene rings is 1. The number of hydrogen-bond acceptors (Lipinski definition) is 5. The summed E-state index contributed by atoms with van der Waals surface area (Å²) in [7, 11) is 0. The molecular formula is C12H8ClN3OS2. The van der Waals surface area contributed by atoms with Crippen molar-refractivity contribution in [1.82, 2.24) is 4.98 Å². The third kappa shape index (κ3) is 3.70. The number of nitrogens with one attached hydrogen (secondary N) is 1. The van der Waals surface area contributed by atoms with Crippen molar-refractivity contribution >= 4 is 45.6 Å². The Hall–Kier alpha value is -1.55. The van der Waals surface area contributed by atoms with Crippen molar-refractivity contribution in [2.75, 3.05) is 11.1 Å². The summed E-state index contributed by atoms with van der Waals surface area (Å²) in [6, 6.07) is 7.15.